The molecule has 1 N–H and O–H groups in total. The van der Waals surface area contributed by atoms with Crippen LogP contribution in [0.5, 0.6) is 0 Å². The number of aromatic amines is 1. The molecule has 2 aromatic heterocycles. The number of amides is 1. The maximum atomic E-state index is 11.9. The van der Waals surface area contributed by atoms with Gasteiger partial charge in [0.2, 0.25) is 5.91 Å². The van der Waals surface area contributed by atoms with Crippen LogP contribution in [0, 0.1) is 0 Å². The van der Waals surface area contributed by atoms with Crippen LogP contribution in [0.15, 0.2) is 24.5 Å². The van der Waals surface area contributed by atoms with Crippen molar-refractivity contribution in [3.63, 3.8) is 0 Å². The van der Waals surface area contributed by atoms with Gasteiger partial charge in [-0.25, -0.2) is 0 Å². The minimum absolute atomic E-state index is 0.308. The summed E-state index contributed by atoms with van der Waals surface area (Å²) in [6.07, 6.45) is 7.63. The Balaban J connectivity index is 1.70. The lowest BCUT2D eigenvalue weighted by atomic mass is 9.90. The number of carbonyl (C=O) groups is 1. The van der Waals surface area contributed by atoms with Crippen LogP contribution in [0.2, 0.25) is 0 Å². The number of nitrogens with one attached hydrogen (secondary N) is 1. The van der Waals surface area contributed by atoms with E-state index in [0.717, 1.165) is 43.4 Å². The van der Waals surface area contributed by atoms with Gasteiger partial charge < -0.3 is 9.88 Å². The number of rotatable bonds is 3. The molecule has 0 bridgehead atoms. The normalized spacial score (nSPS) is 16.8. The molecule has 0 unspecified atom stereocenters. The Morgan fingerprint density at radius 2 is 2.25 bits per heavy atom. The number of aromatic nitrogens is 2. The van der Waals surface area contributed by atoms with Crippen LogP contribution in [-0.4, -0.2) is 33.9 Å². The first-order valence-electron chi connectivity index (χ1n) is 7.49. The molecule has 2 aromatic rings. The molecule has 0 radical (unpaired) electrons. The van der Waals surface area contributed by atoms with E-state index in [0.29, 0.717) is 18.2 Å². The summed E-state index contributed by atoms with van der Waals surface area (Å²) >= 11 is 0. The van der Waals surface area contributed by atoms with Gasteiger partial charge in [-0.1, -0.05) is 6.92 Å². The molecule has 0 aromatic carbocycles. The SMILES string of the molecule is CCCC(=O)N1CCC(c2c[nH]c3cccnc23)CC1. The number of likely N-dealkylation sites (tertiary alicyclic amines) is 1. The van der Waals surface area contributed by atoms with Crippen LogP contribution in [-0.2, 0) is 4.79 Å². The Hall–Kier alpha value is -1.84. The standard InChI is InChI=1S/C16H21N3O/c1-2-4-15(20)19-9-6-12(7-10-19)13-11-18-14-5-3-8-17-16(13)14/h3,5,8,11-12,18H,2,4,6-7,9-10H2,1H3. The number of H-pyrrole nitrogens is 1. The van der Waals surface area contributed by atoms with Crippen LogP contribution in [0.25, 0.3) is 11.0 Å². The molecular formula is C16H21N3O. The molecule has 0 spiro atoms. The highest BCUT2D eigenvalue weighted by Gasteiger charge is 2.25. The van der Waals surface area contributed by atoms with Crippen LogP contribution >= 0.6 is 0 Å². The van der Waals surface area contributed by atoms with E-state index in [1.807, 2.05) is 17.2 Å². The molecule has 0 atom stereocenters. The Morgan fingerprint density at radius 3 is 3.00 bits per heavy atom. The second kappa shape index (κ2) is 5.65. The van der Waals surface area contributed by atoms with E-state index < -0.39 is 0 Å². The molecule has 20 heavy (non-hydrogen) atoms. The van der Waals surface area contributed by atoms with Crippen LogP contribution in [0.3, 0.4) is 0 Å². The highest BCUT2D eigenvalue weighted by atomic mass is 16.2. The van der Waals surface area contributed by atoms with Gasteiger partial charge in [-0.3, -0.25) is 9.78 Å². The summed E-state index contributed by atoms with van der Waals surface area (Å²) in [5.74, 6) is 0.826. The minimum Gasteiger partial charge on any atom is -0.360 e. The van der Waals surface area contributed by atoms with E-state index in [9.17, 15) is 4.79 Å². The van der Waals surface area contributed by atoms with Crippen molar-refractivity contribution in [2.75, 3.05) is 13.1 Å². The molecule has 3 rings (SSSR count). The molecule has 1 amide bonds. The average molecular weight is 271 g/mol. The Kier molecular flexibility index (Phi) is 3.72. The molecule has 3 heterocycles. The Labute approximate surface area is 119 Å². The number of fused-ring (bicyclic) bond motifs is 1. The summed E-state index contributed by atoms with van der Waals surface area (Å²) in [4.78, 5) is 21.7. The van der Waals surface area contributed by atoms with E-state index in [1.165, 1.54) is 5.56 Å². The molecule has 0 aliphatic carbocycles. The van der Waals surface area contributed by atoms with Gasteiger partial charge in [0.15, 0.2) is 0 Å². The molecule has 1 aliphatic rings. The minimum atomic E-state index is 0.308. The maximum absolute atomic E-state index is 11.9. The van der Waals surface area contributed by atoms with E-state index in [1.54, 1.807) is 0 Å². The third kappa shape index (κ3) is 2.42. The lowest BCUT2D eigenvalue weighted by Crippen LogP contribution is -2.37. The quantitative estimate of drug-likeness (QED) is 0.932. The predicted molar refractivity (Wildman–Crippen MR) is 79.6 cm³/mol. The van der Waals surface area contributed by atoms with Crippen molar-refractivity contribution in [1.82, 2.24) is 14.9 Å². The van der Waals surface area contributed by atoms with Crippen LogP contribution < -0.4 is 0 Å². The topological polar surface area (TPSA) is 49.0 Å². The summed E-state index contributed by atoms with van der Waals surface area (Å²) in [5, 5.41) is 0. The van der Waals surface area contributed by atoms with E-state index in [4.69, 9.17) is 0 Å². The Bertz CT molecular complexity index is 597. The first-order chi connectivity index (χ1) is 9.79. The number of carbonyl (C=O) groups excluding carboxylic acids is 1. The first kappa shape index (κ1) is 13.2. The lowest BCUT2D eigenvalue weighted by molar-refractivity contribution is -0.132. The number of hydrogen-bond donors (Lipinski definition) is 1. The number of nitrogens with zero attached hydrogens (tertiary/aromatic N) is 2. The molecular weight excluding hydrogens is 250 g/mol. The van der Waals surface area contributed by atoms with Gasteiger partial charge >= 0.3 is 0 Å². The average Bonchev–Trinajstić information content (AvgIpc) is 2.92. The van der Waals surface area contributed by atoms with Crippen LogP contribution in [0.1, 0.15) is 44.1 Å². The van der Waals surface area contributed by atoms with Gasteiger partial charge in [-0.2, -0.15) is 0 Å². The van der Waals surface area contributed by atoms with E-state index in [2.05, 4.69) is 29.2 Å². The highest BCUT2D eigenvalue weighted by molar-refractivity contribution is 5.79. The van der Waals surface area contributed by atoms with Crippen molar-refractivity contribution in [2.24, 2.45) is 0 Å². The summed E-state index contributed by atoms with van der Waals surface area (Å²) in [7, 11) is 0. The van der Waals surface area contributed by atoms with Gasteiger partial charge in [0, 0.05) is 31.9 Å². The smallest absolute Gasteiger partial charge is 0.222 e. The van der Waals surface area contributed by atoms with Crippen molar-refractivity contribution in [3.05, 3.63) is 30.1 Å². The highest BCUT2D eigenvalue weighted by Crippen LogP contribution is 2.32. The monoisotopic (exact) mass is 271 g/mol. The van der Waals surface area contributed by atoms with Gasteiger partial charge in [-0.15, -0.1) is 0 Å². The largest absolute Gasteiger partial charge is 0.360 e. The zero-order chi connectivity index (χ0) is 13.9. The summed E-state index contributed by atoms with van der Waals surface area (Å²) < 4.78 is 0. The fourth-order valence-electron chi connectivity index (χ4n) is 3.10. The zero-order valence-electron chi connectivity index (χ0n) is 11.9. The second-order valence-corrected chi connectivity index (χ2v) is 5.55. The molecule has 0 saturated carbocycles. The van der Waals surface area contributed by atoms with Crippen LogP contribution in [0.4, 0.5) is 0 Å². The zero-order valence-corrected chi connectivity index (χ0v) is 11.9. The number of piperidine rings is 1. The van der Waals surface area contributed by atoms with Crippen molar-refractivity contribution < 1.29 is 4.79 Å². The molecule has 4 heteroatoms. The first-order valence-corrected chi connectivity index (χ1v) is 7.49. The number of pyridine rings is 1. The molecule has 1 saturated heterocycles. The number of hydrogen-bond acceptors (Lipinski definition) is 2. The van der Waals surface area contributed by atoms with Crippen molar-refractivity contribution in [2.45, 2.75) is 38.5 Å². The van der Waals surface area contributed by atoms with Gasteiger partial charge in [0.25, 0.3) is 0 Å². The van der Waals surface area contributed by atoms with Crippen molar-refractivity contribution in [1.29, 1.82) is 0 Å². The van der Waals surface area contributed by atoms with Crippen molar-refractivity contribution >= 4 is 16.9 Å². The maximum Gasteiger partial charge on any atom is 0.222 e. The van der Waals surface area contributed by atoms with Gasteiger partial charge in [0.1, 0.15) is 0 Å². The van der Waals surface area contributed by atoms with Crippen molar-refractivity contribution in [3.8, 4) is 0 Å². The fourth-order valence-corrected chi connectivity index (χ4v) is 3.10. The fraction of sp³-hybridized carbons (Fsp3) is 0.500. The molecule has 106 valence electrons. The summed E-state index contributed by atoms with van der Waals surface area (Å²) in [6.45, 7) is 3.81. The molecule has 1 fully saturated rings. The predicted octanol–water partition coefficient (Wildman–Crippen LogP) is 3.07. The van der Waals surface area contributed by atoms with Gasteiger partial charge in [0.05, 0.1) is 11.0 Å². The van der Waals surface area contributed by atoms with E-state index >= 15 is 0 Å². The molecule has 4 nitrogen and oxygen atoms in total. The second-order valence-electron chi connectivity index (χ2n) is 5.55. The summed E-state index contributed by atoms with van der Waals surface area (Å²) in [6, 6.07) is 4.01. The van der Waals surface area contributed by atoms with Gasteiger partial charge in [-0.05, 0) is 42.9 Å². The summed E-state index contributed by atoms with van der Waals surface area (Å²) in [5.41, 5.74) is 3.50. The van der Waals surface area contributed by atoms with E-state index in [-0.39, 0.29) is 0 Å². The third-order valence-electron chi connectivity index (χ3n) is 4.22. The Morgan fingerprint density at radius 1 is 1.45 bits per heavy atom. The third-order valence-corrected chi connectivity index (χ3v) is 4.22. The lowest BCUT2D eigenvalue weighted by Gasteiger charge is -2.31. The molecule has 1 aliphatic heterocycles.